The fourth-order valence-corrected chi connectivity index (χ4v) is 1.90. The van der Waals surface area contributed by atoms with Crippen molar-refractivity contribution in [2.24, 2.45) is 11.3 Å². The molecule has 1 saturated carbocycles. The lowest BCUT2D eigenvalue weighted by atomic mass is 10.1. The average Bonchev–Trinajstić information content (AvgIpc) is 2.71. The predicted molar refractivity (Wildman–Crippen MR) is 48.3 cm³/mol. The third kappa shape index (κ3) is 1.05. The van der Waals surface area contributed by atoms with Gasteiger partial charge < -0.3 is 0 Å². The summed E-state index contributed by atoms with van der Waals surface area (Å²) in [5, 5.41) is 0. The van der Waals surface area contributed by atoms with Gasteiger partial charge in [-0.3, -0.25) is 0 Å². The normalized spacial score (nSPS) is 36.4. The van der Waals surface area contributed by atoms with Gasteiger partial charge in [0, 0.05) is 0 Å². The van der Waals surface area contributed by atoms with E-state index in [2.05, 4.69) is 33.8 Å². The summed E-state index contributed by atoms with van der Waals surface area (Å²) in [5.74, 6) is 0.777. The second-order valence-electron chi connectivity index (χ2n) is 4.57. The minimum atomic E-state index is 0.535. The summed E-state index contributed by atoms with van der Waals surface area (Å²) in [6.07, 6.45) is 3.68. The molecule has 0 amide bonds. The van der Waals surface area contributed by atoms with Crippen LogP contribution in [-0.2, 0) is 0 Å². The zero-order valence-electron chi connectivity index (χ0n) is 7.86. The molecule has 0 aromatic rings. The fraction of sp³-hybridized carbons (Fsp3) is 0.636. The molecule has 0 aromatic carbocycles. The highest BCUT2D eigenvalue weighted by Gasteiger charge is 2.42. The number of hydrogen-bond donors (Lipinski definition) is 0. The second-order valence-corrected chi connectivity index (χ2v) is 4.57. The van der Waals surface area contributed by atoms with E-state index in [-0.39, 0.29) is 0 Å². The summed E-state index contributed by atoms with van der Waals surface area (Å²) < 4.78 is 0. The van der Waals surface area contributed by atoms with Crippen molar-refractivity contribution in [3.8, 4) is 0 Å². The van der Waals surface area contributed by atoms with Crippen molar-refractivity contribution in [2.75, 3.05) is 0 Å². The summed E-state index contributed by atoms with van der Waals surface area (Å²) in [7, 11) is 0. The first-order valence-corrected chi connectivity index (χ1v) is 4.45. The van der Waals surface area contributed by atoms with Crippen LogP contribution in [0.1, 0.15) is 34.1 Å². The maximum atomic E-state index is 2.36. The van der Waals surface area contributed by atoms with Gasteiger partial charge in [-0.05, 0) is 35.8 Å². The summed E-state index contributed by atoms with van der Waals surface area (Å²) in [4.78, 5) is 0. The lowest BCUT2D eigenvalue weighted by molar-refractivity contribution is 0.684. The van der Waals surface area contributed by atoms with Crippen LogP contribution >= 0.6 is 0 Å². The maximum Gasteiger partial charge on any atom is -0.000463 e. The molecule has 0 aromatic heterocycles. The Kier molecular flexibility index (Phi) is 1.17. The van der Waals surface area contributed by atoms with Gasteiger partial charge in [-0.15, -0.1) is 0 Å². The predicted octanol–water partition coefficient (Wildman–Crippen LogP) is 3.31. The Hall–Kier alpha value is -0.520. The van der Waals surface area contributed by atoms with E-state index in [1.807, 2.05) is 0 Å². The third-order valence-electron chi connectivity index (χ3n) is 3.01. The molecule has 11 heavy (non-hydrogen) atoms. The summed E-state index contributed by atoms with van der Waals surface area (Å²) in [6, 6.07) is 0. The molecule has 60 valence electrons. The monoisotopic (exact) mass is 148 g/mol. The topological polar surface area (TPSA) is 0 Å². The highest BCUT2D eigenvalue weighted by atomic mass is 14.5. The highest BCUT2D eigenvalue weighted by molar-refractivity contribution is 5.52. The zero-order valence-corrected chi connectivity index (χ0v) is 7.86. The molecule has 2 rings (SSSR count). The molecule has 0 N–H and O–H groups in total. The van der Waals surface area contributed by atoms with Gasteiger partial charge in [-0.1, -0.05) is 32.4 Å². The molecule has 0 saturated heterocycles. The molecular weight excluding hydrogens is 132 g/mol. The fourth-order valence-electron chi connectivity index (χ4n) is 1.90. The van der Waals surface area contributed by atoms with E-state index >= 15 is 0 Å². The molecular formula is C11H16. The smallest absolute Gasteiger partial charge is 0.000463 e. The quantitative estimate of drug-likeness (QED) is 0.535. The number of hydrogen-bond acceptors (Lipinski definition) is 0. The van der Waals surface area contributed by atoms with Crippen LogP contribution in [0.2, 0.25) is 0 Å². The van der Waals surface area contributed by atoms with E-state index < -0.39 is 0 Å². The van der Waals surface area contributed by atoms with Crippen molar-refractivity contribution in [2.45, 2.75) is 34.1 Å². The second kappa shape index (κ2) is 1.80. The van der Waals surface area contributed by atoms with E-state index in [0.29, 0.717) is 5.41 Å². The van der Waals surface area contributed by atoms with Gasteiger partial charge in [0.05, 0.1) is 0 Å². The summed E-state index contributed by atoms with van der Waals surface area (Å²) >= 11 is 0. The summed E-state index contributed by atoms with van der Waals surface area (Å²) in [5.41, 5.74) is 5.41. The van der Waals surface area contributed by atoms with Gasteiger partial charge in [-0.25, -0.2) is 0 Å². The lowest BCUT2D eigenvalue weighted by Crippen LogP contribution is -1.84. The molecule has 0 spiro atoms. The first-order chi connectivity index (χ1) is 5.02. The third-order valence-corrected chi connectivity index (χ3v) is 3.01. The molecule has 0 heteroatoms. The Labute approximate surface area is 69.0 Å². The molecule has 1 unspecified atom stereocenters. The first-order valence-electron chi connectivity index (χ1n) is 4.45. The van der Waals surface area contributed by atoms with Crippen molar-refractivity contribution in [3.63, 3.8) is 0 Å². The molecule has 0 nitrogen and oxygen atoms in total. The van der Waals surface area contributed by atoms with Crippen LogP contribution in [0.25, 0.3) is 0 Å². The Morgan fingerprint density at radius 3 is 2.27 bits per heavy atom. The van der Waals surface area contributed by atoms with Crippen LogP contribution in [0, 0.1) is 11.3 Å². The molecule has 1 fully saturated rings. The average molecular weight is 148 g/mol. The molecule has 0 bridgehead atoms. The Bertz CT molecular complexity index is 264. The van der Waals surface area contributed by atoms with E-state index in [4.69, 9.17) is 0 Å². The van der Waals surface area contributed by atoms with Crippen molar-refractivity contribution in [1.29, 1.82) is 0 Å². The minimum absolute atomic E-state index is 0.535. The van der Waals surface area contributed by atoms with Crippen LogP contribution < -0.4 is 0 Å². The van der Waals surface area contributed by atoms with E-state index in [0.717, 1.165) is 5.92 Å². The molecule has 2 aliphatic carbocycles. The van der Waals surface area contributed by atoms with Gasteiger partial charge in [0.15, 0.2) is 0 Å². The summed E-state index contributed by atoms with van der Waals surface area (Å²) in [6.45, 7) is 9.22. The SMILES string of the molecule is CC(C1=CC1C)=C1CC1(C)C. The standard InChI is InChI=1S/C11H16/c1-7-5-9(7)8(2)10-6-11(10,3)4/h5,7H,6H2,1-4H3. The van der Waals surface area contributed by atoms with Crippen molar-refractivity contribution < 1.29 is 0 Å². The van der Waals surface area contributed by atoms with Gasteiger partial charge in [0.25, 0.3) is 0 Å². The molecule has 2 aliphatic rings. The molecule has 0 heterocycles. The van der Waals surface area contributed by atoms with E-state index in [1.165, 1.54) is 6.42 Å². The first kappa shape index (κ1) is 7.15. The Balaban J connectivity index is 2.18. The van der Waals surface area contributed by atoms with Crippen molar-refractivity contribution >= 4 is 0 Å². The van der Waals surface area contributed by atoms with Gasteiger partial charge in [0.2, 0.25) is 0 Å². The Morgan fingerprint density at radius 2 is 2.00 bits per heavy atom. The van der Waals surface area contributed by atoms with Crippen LogP contribution in [0.15, 0.2) is 22.8 Å². The number of allylic oxidation sites excluding steroid dienone is 4. The highest BCUT2D eigenvalue weighted by Crippen LogP contribution is 2.55. The molecule has 1 atom stereocenters. The van der Waals surface area contributed by atoms with Crippen molar-refractivity contribution in [1.82, 2.24) is 0 Å². The van der Waals surface area contributed by atoms with Gasteiger partial charge in [-0.2, -0.15) is 0 Å². The van der Waals surface area contributed by atoms with E-state index in [1.54, 1.807) is 16.7 Å². The van der Waals surface area contributed by atoms with Crippen LogP contribution in [-0.4, -0.2) is 0 Å². The number of rotatable bonds is 1. The lowest BCUT2D eigenvalue weighted by Gasteiger charge is -1.97. The maximum absolute atomic E-state index is 2.36. The van der Waals surface area contributed by atoms with E-state index in [9.17, 15) is 0 Å². The van der Waals surface area contributed by atoms with Crippen LogP contribution in [0.4, 0.5) is 0 Å². The van der Waals surface area contributed by atoms with Crippen LogP contribution in [0.3, 0.4) is 0 Å². The van der Waals surface area contributed by atoms with Crippen molar-refractivity contribution in [3.05, 3.63) is 22.8 Å². The molecule has 0 aliphatic heterocycles. The Morgan fingerprint density at radius 1 is 1.55 bits per heavy atom. The molecule has 0 radical (unpaired) electrons. The van der Waals surface area contributed by atoms with Gasteiger partial charge in [0.1, 0.15) is 0 Å². The van der Waals surface area contributed by atoms with Gasteiger partial charge >= 0.3 is 0 Å². The van der Waals surface area contributed by atoms with Crippen LogP contribution in [0.5, 0.6) is 0 Å². The largest absolute Gasteiger partial charge is 0.0732 e. The minimum Gasteiger partial charge on any atom is -0.0732 e. The zero-order chi connectivity index (χ0) is 8.22.